The lowest BCUT2D eigenvalue weighted by Gasteiger charge is -2.03. The summed E-state index contributed by atoms with van der Waals surface area (Å²) in [4.78, 5) is 11.5. The zero-order chi connectivity index (χ0) is 11.4. The number of phenolic OH excluding ortho intramolecular Hbond substituents is 1. The summed E-state index contributed by atoms with van der Waals surface area (Å²) in [7, 11) is 0. The lowest BCUT2D eigenvalue weighted by Crippen LogP contribution is -2.18. The van der Waals surface area contributed by atoms with Crippen LogP contribution in [0.15, 0.2) is 27.8 Å². The minimum absolute atomic E-state index is 0.0698. The van der Waals surface area contributed by atoms with Gasteiger partial charge in [0.1, 0.15) is 5.75 Å². The van der Waals surface area contributed by atoms with Gasteiger partial charge in [0.15, 0.2) is 0 Å². The van der Waals surface area contributed by atoms with Gasteiger partial charge in [0.05, 0.1) is 5.56 Å². The second-order valence-electron chi connectivity index (χ2n) is 3.16. The van der Waals surface area contributed by atoms with Crippen molar-refractivity contribution in [1.29, 1.82) is 0 Å². The van der Waals surface area contributed by atoms with Crippen LogP contribution in [0.5, 0.6) is 5.75 Å². The summed E-state index contributed by atoms with van der Waals surface area (Å²) < 4.78 is 0.725. The molecule has 80 valence electrons. The molecule has 0 unspecified atom stereocenters. The van der Waals surface area contributed by atoms with E-state index in [-0.39, 0.29) is 11.3 Å². The molecule has 4 nitrogen and oxygen atoms in total. The zero-order valence-corrected chi connectivity index (χ0v) is 10.00. The van der Waals surface area contributed by atoms with Crippen LogP contribution >= 0.6 is 15.9 Å². The molecule has 0 fully saturated rings. The molecule has 0 spiro atoms. The number of carbonyl (C=O) groups is 1. The van der Waals surface area contributed by atoms with Gasteiger partial charge < -0.3 is 5.11 Å². The average molecular weight is 271 g/mol. The minimum atomic E-state index is -0.435. The van der Waals surface area contributed by atoms with Gasteiger partial charge in [-0.25, -0.2) is 5.43 Å². The lowest BCUT2D eigenvalue weighted by atomic mass is 10.2. The predicted molar refractivity (Wildman–Crippen MR) is 62.1 cm³/mol. The molecule has 0 atom stereocenters. The summed E-state index contributed by atoms with van der Waals surface area (Å²) in [6.45, 7) is 3.53. The Bertz CT molecular complexity index is 412. The van der Waals surface area contributed by atoms with Gasteiger partial charge in [0.2, 0.25) is 0 Å². The highest BCUT2D eigenvalue weighted by Gasteiger charge is 2.10. The maximum absolute atomic E-state index is 11.5. The number of hydrogen-bond donors (Lipinski definition) is 2. The molecular formula is C10H11BrN2O2. The first-order chi connectivity index (χ1) is 7.00. The summed E-state index contributed by atoms with van der Waals surface area (Å²) in [5.41, 5.74) is 3.26. The normalized spacial score (nSPS) is 9.53. The van der Waals surface area contributed by atoms with Crippen molar-refractivity contribution in [2.24, 2.45) is 5.10 Å². The smallest absolute Gasteiger partial charge is 0.275 e. The highest BCUT2D eigenvalue weighted by atomic mass is 79.9. The zero-order valence-electron chi connectivity index (χ0n) is 8.41. The van der Waals surface area contributed by atoms with Gasteiger partial charge in [-0.1, -0.05) is 15.9 Å². The maximum atomic E-state index is 11.5. The summed E-state index contributed by atoms with van der Waals surface area (Å²) in [6.07, 6.45) is 0. The summed E-state index contributed by atoms with van der Waals surface area (Å²) in [5.74, 6) is -0.505. The van der Waals surface area contributed by atoms with Crippen molar-refractivity contribution in [1.82, 2.24) is 5.43 Å². The van der Waals surface area contributed by atoms with Crippen LogP contribution in [-0.2, 0) is 0 Å². The fourth-order valence-corrected chi connectivity index (χ4v) is 1.27. The van der Waals surface area contributed by atoms with Crippen LogP contribution in [0.4, 0.5) is 0 Å². The Balaban J connectivity index is 2.91. The van der Waals surface area contributed by atoms with E-state index >= 15 is 0 Å². The number of benzene rings is 1. The Kier molecular flexibility index (Phi) is 3.85. The molecule has 0 heterocycles. The van der Waals surface area contributed by atoms with E-state index in [1.165, 1.54) is 12.1 Å². The van der Waals surface area contributed by atoms with Crippen LogP contribution in [-0.4, -0.2) is 16.7 Å². The molecular weight excluding hydrogens is 260 g/mol. The van der Waals surface area contributed by atoms with Crippen molar-refractivity contribution in [2.45, 2.75) is 13.8 Å². The molecule has 0 aromatic heterocycles. The maximum Gasteiger partial charge on any atom is 0.275 e. The monoisotopic (exact) mass is 270 g/mol. The SMILES string of the molecule is CC(C)=NNC(=O)c1cc(Br)ccc1O. The standard InChI is InChI=1S/C10H11BrN2O2/c1-6(2)12-13-10(15)8-5-7(11)3-4-9(8)14/h3-5,14H,1-2H3,(H,13,15). The number of nitrogens with zero attached hydrogens (tertiary/aromatic N) is 1. The second-order valence-corrected chi connectivity index (χ2v) is 4.08. The molecule has 0 bridgehead atoms. The number of hydrogen-bond acceptors (Lipinski definition) is 3. The second kappa shape index (κ2) is 4.93. The Morgan fingerprint density at radius 1 is 1.47 bits per heavy atom. The third kappa shape index (κ3) is 3.36. The quantitative estimate of drug-likeness (QED) is 0.640. The average Bonchev–Trinajstić information content (AvgIpc) is 2.18. The molecule has 5 heteroatoms. The van der Waals surface area contributed by atoms with Crippen LogP contribution in [0.3, 0.4) is 0 Å². The number of rotatable bonds is 2. The van der Waals surface area contributed by atoms with Crippen LogP contribution in [0.1, 0.15) is 24.2 Å². The molecule has 0 aliphatic carbocycles. The third-order valence-electron chi connectivity index (χ3n) is 1.58. The molecule has 15 heavy (non-hydrogen) atoms. The largest absolute Gasteiger partial charge is 0.507 e. The molecule has 0 saturated carbocycles. The van der Waals surface area contributed by atoms with E-state index in [9.17, 15) is 9.90 Å². The van der Waals surface area contributed by atoms with Crippen LogP contribution in [0.25, 0.3) is 0 Å². The molecule has 0 aliphatic heterocycles. The van der Waals surface area contributed by atoms with Crippen molar-refractivity contribution in [3.05, 3.63) is 28.2 Å². The Morgan fingerprint density at radius 2 is 2.13 bits per heavy atom. The van der Waals surface area contributed by atoms with E-state index in [2.05, 4.69) is 26.5 Å². The Morgan fingerprint density at radius 3 is 2.73 bits per heavy atom. The van der Waals surface area contributed by atoms with E-state index in [0.717, 1.165) is 10.2 Å². The molecule has 1 amide bonds. The van der Waals surface area contributed by atoms with Crippen molar-refractivity contribution in [3.8, 4) is 5.75 Å². The van der Waals surface area contributed by atoms with Gasteiger partial charge in [-0.05, 0) is 32.0 Å². The van der Waals surface area contributed by atoms with E-state index < -0.39 is 5.91 Å². The van der Waals surface area contributed by atoms with E-state index in [1.54, 1.807) is 19.9 Å². The molecule has 1 aromatic carbocycles. The van der Waals surface area contributed by atoms with Gasteiger partial charge in [-0.3, -0.25) is 4.79 Å². The number of aromatic hydroxyl groups is 1. The number of carbonyl (C=O) groups excluding carboxylic acids is 1. The predicted octanol–water partition coefficient (Wildman–Crippen LogP) is 2.28. The topological polar surface area (TPSA) is 61.7 Å². The van der Waals surface area contributed by atoms with Crippen LogP contribution in [0.2, 0.25) is 0 Å². The first-order valence-electron chi connectivity index (χ1n) is 4.30. The van der Waals surface area contributed by atoms with Gasteiger partial charge in [-0.2, -0.15) is 5.10 Å². The fourth-order valence-electron chi connectivity index (χ4n) is 0.913. The lowest BCUT2D eigenvalue weighted by molar-refractivity contribution is 0.0952. The van der Waals surface area contributed by atoms with Gasteiger partial charge in [0.25, 0.3) is 5.91 Å². The summed E-state index contributed by atoms with van der Waals surface area (Å²) in [5, 5.41) is 13.2. The molecule has 1 aromatic rings. The molecule has 1 rings (SSSR count). The molecule has 0 saturated heterocycles. The Labute approximate surface area is 96.1 Å². The van der Waals surface area contributed by atoms with Crippen molar-refractivity contribution >= 4 is 27.5 Å². The summed E-state index contributed by atoms with van der Waals surface area (Å²) in [6, 6.07) is 4.63. The van der Waals surface area contributed by atoms with Crippen molar-refractivity contribution in [3.63, 3.8) is 0 Å². The van der Waals surface area contributed by atoms with E-state index in [1.807, 2.05) is 0 Å². The van der Waals surface area contributed by atoms with Crippen molar-refractivity contribution < 1.29 is 9.90 Å². The minimum Gasteiger partial charge on any atom is -0.507 e. The molecule has 0 aliphatic rings. The molecule has 2 N–H and O–H groups in total. The van der Waals surface area contributed by atoms with Gasteiger partial charge in [0, 0.05) is 10.2 Å². The third-order valence-corrected chi connectivity index (χ3v) is 2.08. The fraction of sp³-hybridized carbons (Fsp3) is 0.200. The van der Waals surface area contributed by atoms with Crippen molar-refractivity contribution in [2.75, 3.05) is 0 Å². The van der Waals surface area contributed by atoms with Crippen LogP contribution in [0, 0.1) is 0 Å². The van der Waals surface area contributed by atoms with Crippen LogP contribution < -0.4 is 5.43 Å². The van der Waals surface area contributed by atoms with Gasteiger partial charge >= 0.3 is 0 Å². The first kappa shape index (κ1) is 11.7. The highest BCUT2D eigenvalue weighted by molar-refractivity contribution is 9.10. The Hall–Kier alpha value is -1.36. The number of nitrogens with one attached hydrogen (secondary N) is 1. The first-order valence-corrected chi connectivity index (χ1v) is 5.09. The van der Waals surface area contributed by atoms with E-state index in [4.69, 9.17) is 0 Å². The van der Waals surface area contributed by atoms with E-state index in [0.29, 0.717) is 0 Å². The number of phenols is 1. The summed E-state index contributed by atoms with van der Waals surface area (Å²) >= 11 is 3.22. The number of hydrazone groups is 1. The van der Waals surface area contributed by atoms with Gasteiger partial charge in [-0.15, -0.1) is 0 Å². The number of amides is 1. The number of halogens is 1. The molecule has 0 radical (unpaired) electrons. The highest BCUT2D eigenvalue weighted by Crippen LogP contribution is 2.21.